The highest BCUT2D eigenvalue weighted by Gasteiger charge is 2.42. The fraction of sp³-hybridized carbons (Fsp3) is 0.929. The topological polar surface area (TPSA) is 46.3 Å². The zero-order valence-corrected chi connectivity index (χ0v) is 11.2. The molecule has 2 atom stereocenters. The van der Waals surface area contributed by atoms with Gasteiger partial charge in [-0.05, 0) is 43.6 Å². The summed E-state index contributed by atoms with van der Waals surface area (Å²) < 4.78 is 0. The maximum Gasteiger partial charge on any atom is 0.226 e. The van der Waals surface area contributed by atoms with Crippen molar-refractivity contribution in [2.24, 2.45) is 23.0 Å². The number of carbonyl (C=O) groups excluding carboxylic acids is 1. The molecule has 1 amide bonds. The van der Waals surface area contributed by atoms with E-state index in [9.17, 15) is 4.79 Å². The number of hydrogen-bond acceptors (Lipinski definition) is 2. The van der Waals surface area contributed by atoms with E-state index in [1.807, 2.05) is 0 Å². The van der Waals surface area contributed by atoms with Gasteiger partial charge in [-0.1, -0.05) is 20.3 Å². The molecule has 0 aromatic rings. The lowest BCUT2D eigenvalue weighted by molar-refractivity contribution is -0.137. The van der Waals surface area contributed by atoms with Gasteiger partial charge in [0, 0.05) is 19.0 Å². The first-order valence-electron chi connectivity index (χ1n) is 7.03. The van der Waals surface area contributed by atoms with Crippen molar-refractivity contribution in [3.8, 4) is 0 Å². The van der Waals surface area contributed by atoms with Crippen LogP contribution in [0.25, 0.3) is 0 Å². The smallest absolute Gasteiger partial charge is 0.226 e. The predicted molar refractivity (Wildman–Crippen MR) is 69.5 cm³/mol. The van der Waals surface area contributed by atoms with E-state index >= 15 is 0 Å². The van der Waals surface area contributed by atoms with Crippen LogP contribution in [0.15, 0.2) is 0 Å². The SMILES string of the molecule is CC1(C)CCCC1C(=O)N1CCC(CCN)C1. The van der Waals surface area contributed by atoms with Crippen LogP contribution in [0, 0.1) is 17.3 Å². The molecule has 3 heteroatoms. The molecule has 2 rings (SSSR count). The van der Waals surface area contributed by atoms with Crippen LogP contribution in [0.1, 0.15) is 46.0 Å². The highest BCUT2D eigenvalue weighted by atomic mass is 16.2. The maximum absolute atomic E-state index is 12.5. The summed E-state index contributed by atoms with van der Waals surface area (Å²) in [5.74, 6) is 1.32. The highest BCUT2D eigenvalue weighted by Crippen LogP contribution is 2.44. The van der Waals surface area contributed by atoms with E-state index < -0.39 is 0 Å². The summed E-state index contributed by atoms with van der Waals surface area (Å²) in [6, 6.07) is 0. The van der Waals surface area contributed by atoms with Crippen molar-refractivity contribution in [3.63, 3.8) is 0 Å². The zero-order valence-electron chi connectivity index (χ0n) is 11.2. The summed E-state index contributed by atoms with van der Waals surface area (Å²) in [6.45, 7) is 7.15. The number of amides is 1. The minimum absolute atomic E-state index is 0.211. The number of likely N-dealkylation sites (tertiary alicyclic amines) is 1. The normalized spacial score (nSPS) is 32.1. The predicted octanol–water partition coefficient (Wildman–Crippen LogP) is 2.01. The number of rotatable bonds is 3. The largest absolute Gasteiger partial charge is 0.342 e. The Morgan fingerprint density at radius 3 is 2.76 bits per heavy atom. The van der Waals surface area contributed by atoms with Crippen LogP contribution in [0.5, 0.6) is 0 Å². The third-order valence-corrected chi connectivity index (χ3v) is 4.73. The second-order valence-corrected chi connectivity index (χ2v) is 6.45. The monoisotopic (exact) mass is 238 g/mol. The van der Waals surface area contributed by atoms with Crippen LogP contribution in [0.3, 0.4) is 0 Å². The molecule has 2 unspecified atom stereocenters. The van der Waals surface area contributed by atoms with E-state index in [0.29, 0.717) is 11.8 Å². The Labute approximate surface area is 105 Å². The molecule has 1 heterocycles. The van der Waals surface area contributed by atoms with Crippen molar-refractivity contribution in [3.05, 3.63) is 0 Å². The van der Waals surface area contributed by atoms with Gasteiger partial charge in [0.05, 0.1) is 0 Å². The molecule has 2 fully saturated rings. The molecule has 1 saturated carbocycles. The average molecular weight is 238 g/mol. The highest BCUT2D eigenvalue weighted by molar-refractivity contribution is 5.80. The Balaban J connectivity index is 1.93. The van der Waals surface area contributed by atoms with Gasteiger partial charge in [0.25, 0.3) is 0 Å². The quantitative estimate of drug-likeness (QED) is 0.817. The third-order valence-electron chi connectivity index (χ3n) is 4.73. The van der Waals surface area contributed by atoms with Gasteiger partial charge in [0.2, 0.25) is 5.91 Å². The van der Waals surface area contributed by atoms with Gasteiger partial charge < -0.3 is 10.6 Å². The summed E-state index contributed by atoms with van der Waals surface area (Å²) in [7, 11) is 0. The Morgan fingerprint density at radius 2 is 2.18 bits per heavy atom. The standard InChI is InChI=1S/C14H26N2O/c1-14(2)7-3-4-12(14)13(17)16-9-6-11(10-16)5-8-15/h11-12H,3-10,15H2,1-2H3. The number of carbonyl (C=O) groups is 1. The van der Waals surface area contributed by atoms with Crippen molar-refractivity contribution < 1.29 is 4.79 Å². The van der Waals surface area contributed by atoms with Gasteiger partial charge in [-0.15, -0.1) is 0 Å². The molecule has 1 aliphatic heterocycles. The average Bonchev–Trinajstić information content (AvgIpc) is 2.84. The fourth-order valence-corrected chi connectivity index (χ4v) is 3.51. The van der Waals surface area contributed by atoms with Crippen molar-refractivity contribution in [1.29, 1.82) is 0 Å². The molecular formula is C14H26N2O. The van der Waals surface area contributed by atoms with Gasteiger partial charge >= 0.3 is 0 Å². The van der Waals surface area contributed by atoms with Crippen molar-refractivity contribution in [1.82, 2.24) is 4.90 Å². The van der Waals surface area contributed by atoms with E-state index in [4.69, 9.17) is 5.73 Å². The first-order valence-corrected chi connectivity index (χ1v) is 7.03. The second-order valence-electron chi connectivity index (χ2n) is 6.45. The van der Waals surface area contributed by atoms with E-state index in [2.05, 4.69) is 18.7 Å². The van der Waals surface area contributed by atoms with Crippen molar-refractivity contribution in [2.45, 2.75) is 46.0 Å². The van der Waals surface area contributed by atoms with Gasteiger partial charge in [0.1, 0.15) is 0 Å². The van der Waals surface area contributed by atoms with E-state index in [-0.39, 0.29) is 11.3 Å². The van der Waals surface area contributed by atoms with Crippen LogP contribution >= 0.6 is 0 Å². The molecule has 17 heavy (non-hydrogen) atoms. The minimum atomic E-state index is 0.211. The summed E-state index contributed by atoms with van der Waals surface area (Å²) in [4.78, 5) is 14.6. The van der Waals surface area contributed by atoms with E-state index in [1.54, 1.807) is 0 Å². The Hall–Kier alpha value is -0.570. The van der Waals surface area contributed by atoms with Crippen molar-refractivity contribution in [2.75, 3.05) is 19.6 Å². The van der Waals surface area contributed by atoms with Gasteiger partial charge in [-0.2, -0.15) is 0 Å². The van der Waals surface area contributed by atoms with Gasteiger partial charge in [-0.25, -0.2) is 0 Å². The van der Waals surface area contributed by atoms with Crippen LogP contribution in [-0.4, -0.2) is 30.4 Å². The maximum atomic E-state index is 12.5. The molecule has 0 bridgehead atoms. The van der Waals surface area contributed by atoms with Crippen LogP contribution in [0.4, 0.5) is 0 Å². The summed E-state index contributed by atoms with van der Waals surface area (Å²) in [5.41, 5.74) is 5.80. The summed E-state index contributed by atoms with van der Waals surface area (Å²) in [5, 5.41) is 0. The lowest BCUT2D eigenvalue weighted by Gasteiger charge is -2.30. The first-order chi connectivity index (χ1) is 8.04. The Morgan fingerprint density at radius 1 is 1.41 bits per heavy atom. The Kier molecular flexibility index (Phi) is 3.76. The number of nitrogens with two attached hydrogens (primary N) is 1. The lowest BCUT2D eigenvalue weighted by atomic mass is 9.81. The molecule has 0 aromatic carbocycles. The molecule has 2 N–H and O–H groups in total. The third kappa shape index (κ3) is 2.65. The van der Waals surface area contributed by atoms with E-state index in [1.165, 1.54) is 12.8 Å². The van der Waals surface area contributed by atoms with Crippen molar-refractivity contribution >= 4 is 5.91 Å². The minimum Gasteiger partial charge on any atom is -0.342 e. The molecule has 98 valence electrons. The molecule has 1 aliphatic carbocycles. The summed E-state index contributed by atoms with van der Waals surface area (Å²) in [6.07, 6.45) is 5.71. The molecule has 3 nitrogen and oxygen atoms in total. The molecule has 1 saturated heterocycles. The van der Waals surface area contributed by atoms with Crippen LogP contribution in [-0.2, 0) is 4.79 Å². The Bertz CT molecular complexity index is 288. The van der Waals surface area contributed by atoms with Crippen LogP contribution < -0.4 is 5.73 Å². The molecule has 0 spiro atoms. The lowest BCUT2D eigenvalue weighted by Crippen LogP contribution is -2.38. The first kappa shape index (κ1) is 12.9. The molecule has 2 aliphatic rings. The second kappa shape index (κ2) is 4.97. The number of hydrogen-bond donors (Lipinski definition) is 1. The zero-order chi connectivity index (χ0) is 12.5. The van der Waals surface area contributed by atoms with E-state index in [0.717, 1.165) is 38.9 Å². The molecule has 0 aromatic heterocycles. The summed E-state index contributed by atoms with van der Waals surface area (Å²) >= 11 is 0. The van der Waals surface area contributed by atoms with Crippen LogP contribution in [0.2, 0.25) is 0 Å². The molecule has 0 radical (unpaired) electrons. The fourth-order valence-electron chi connectivity index (χ4n) is 3.51. The molecular weight excluding hydrogens is 212 g/mol. The number of nitrogens with zero attached hydrogens (tertiary/aromatic N) is 1. The van der Waals surface area contributed by atoms with Gasteiger partial charge in [-0.3, -0.25) is 4.79 Å². The van der Waals surface area contributed by atoms with Gasteiger partial charge in [0.15, 0.2) is 0 Å².